The maximum absolute atomic E-state index is 12.7. The first-order valence-electron chi connectivity index (χ1n) is 8.46. The van der Waals surface area contributed by atoms with Gasteiger partial charge in [0.15, 0.2) is 11.8 Å². The van der Waals surface area contributed by atoms with E-state index in [1.165, 1.54) is 6.07 Å². The van der Waals surface area contributed by atoms with Gasteiger partial charge in [0.1, 0.15) is 11.5 Å². The molecule has 1 aromatic heterocycles. The van der Waals surface area contributed by atoms with Crippen LogP contribution in [0.3, 0.4) is 0 Å². The average molecular weight is 383 g/mol. The molecule has 27 heavy (non-hydrogen) atoms. The van der Waals surface area contributed by atoms with Crippen molar-refractivity contribution in [2.45, 2.75) is 40.0 Å². The summed E-state index contributed by atoms with van der Waals surface area (Å²) in [6.07, 6.45) is 0.816. The Morgan fingerprint density at radius 3 is 2.70 bits per heavy atom. The van der Waals surface area contributed by atoms with E-state index in [1.54, 1.807) is 26.1 Å². The quantitative estimate of drug-likeness (QED) is 0.508. The monoisotopic (exact) mass is 383 g/mol. The molecule has 2 rings (SSSR count). The highest BCUT2D eigenvalue weighted by molar-refractivity contribution is 5.79. The van der Waals surface area contributed by atoms with E-state index in [9.17, 15) is 8.78 Å². The number of benzene rings is 1. The van der Waals surface area contributed by atoms with E-state index in [0.717, 1.165) is 6.42 Å². The number of guanidine groups is 1. The van der Waals surface area contributed by atoms with E-state index in [0.29, 0.717) is 42.1 Å². The highest BCUT2D eigenvalue weighted by Gasteiger charge is 2.12. The summed E-state index contributed by atoms with van der Waals surface area (Å²) in [5.41, 5.74) is 0.539. The van der Waals surface area contributed by atoms with Crippen molar-refractivity contribution in [3.63, 3.8) is 0 Å². The van der Waals surface area contributed by atoms with Crippen molar-refractivity contribution < 1.29 is 22.8 Å². The maximum Gasteiger partial charge on any atom is 0.387 e. The Hall–Kier alpha value is -2.91. The van der Waals surface area contributed by atoms with Crippen molar-refractivity contribution in [2.75, 3.05) is 13.7 Å². The lowest BCUT2D eigenvalue weighted by Crippen LogP contribution is -2.36. The summed E-state index contributed by atoms with van der Waals surface area (Å²) in [4.78, 5) is 8.14. The number of hydrogen-bond acceptors (Lipinski definition) is 6. The Morgan fingerprint density at radius 2 is 2.07 bits per heavy atom. The number of ether oxygens (including phenoxy) is 2. The van der Waals surface area contributed by atoms with Gasteiger partial charge in [-0.3, -0.25) is 4.99 Å². The number of rotatable bonds is 9. The van der Waals surface area contributed by atoms with E-state index < -0.39 is 6.61 Å². The first kappa shape index (κ1) is 20.4. The smallest absolute Gasteiger partial charge is 0.387 e. The van der Waals surface area contributed by atoms with Crippen molar-refractivity contribution >= 4 is 5.96 Å². The number of aryl methyl sites for hydroxylation is 1. The molecular weight excluding hydrogens is 360 g/mol. The fourth-order valence-electron chi connectivity index (χ4n) is 2.17. The van der Waals surface area contributed by atoms with E-state index in [4.69, 9.17) is 9.26 Å². The summed E-state index contributed by atoms with van der Waals surface area (Å²) in [7, 11) is 1.59. The Morgan fingerprint density at radius 1 is 1.30 bits per heavy atom. The highest BCUT2D eigenvalue weighted by Crippen LogP contribution is 2.26. The van der Waals surface area contributed by atoms with Gasteiger partial charge in [-0.1, -0.05) is 12.1 Å². The second-order valence-electron chi connectivity index (χ2n) is 5.51. The van der Waals surface area contributed by atoms with Gasteiger partial charge < -0.3 is 24.6 Å². The lowest BCUT2D eigenvalue weighted by molar-refractivity contribution is -0.0505. The third-order valence-electron chi connectivity index (χ3n) is 3.38. The zero-order valence-corrected chi connectivity index (χ0v) is 15.5. The van der Waals surface area contributed by atoms with E-state index in [2.05, 4.69) is 30.5 Å². The average Bonchev–Trinajstić information content (AvgIpc) is 3.06. The minimum atomic E-state index is -2.93. The zero-order valence-electron chi connectivity index (χ0n) is 15.5. The molecule has 0 unspecified atom stereocenters. The standard InChI is InChI=1S/C17H23F2N5O3/c1-4-7-25-13-6-5-12(14(8-13)26-16(18)19)9-21-17(20-3)22-10-15-23-11(2)27-24-15/h5-6,8,16H,4,7,9-10H2,1-3H3,(H2,20,21,22). The molecule has 0 fully saturated rings. The number of nitrogens with one attached hydrogen (secondary N) is 2. The SMILES string of the molecule is CCCOc1ccc(CNC(=NC)NCc2noc(C)n2)c(OC(F)F)c1. The van der Waals surface area contributed by atoms with Crippen LogP contribution >= 0.6 is 0 Å². The number of aromatic nitrogens is 2. The van der Waals surface area contributed by atoms with E-state index in [1.807, 2.05) is 6.92 Å². The lowest BCUT2D eigenvalue weighted by Gasteiger charge is -2.15. The summed E-state index contributed by atoms with van der Waals surface area (Å²) >= 11 is 0. The van der Waals surface area contributed by atoms with Gasteiger partial charge in [-0.2, -0.15) is 13.8 Å². The molecule has 0 aliphatic rings. The highest BCUT2D eigenvalue weighted by atomic mass is 19.3. The van der Waals surface area contributed by atoms with Crippen molar-refractivity contribution in [2.24, 2.45) is 4.99 Å². The van der Waals surface area contributed by atoms with Crippen LogP contribution in [0.15, 0.2) is 27.7 Å². The molecule has 8 nitrogen and oxygen atoms in total. The van der Waals surface area contributed by atoms with Gasteiger partial charge in [-0.25, -0.2) is 0 Å². The van der Waals surface area contributed by atoms with Crippen LogP contribution < -0.4 is 20.1 Å². The molecule has 10 heteroatoms. The van der Waals surface area contributed by atoms with Crippen molar-refractivity contribution in [1.82, 2.24) is 20.8 Å². The van der Waals surface area contributed by atoms with Gasteiger partial charge in [0.05, 0.1) is 13.2 Å². The molecule has 148 valence electrons. The number of nitrogens with zero attached hydrogens (tertiary/aromatic N) is 3. The minimum Gasteiger partial charge on any atom is -0.493 e. The van der Waals surface area contributed by atoms with Gasteiger partial charge in [-0.05, 0) is 18.6 Å². The Labute approximate surface area is 156 Å². The number of alkyl halides is 2. The number of halogens is 2. The van der Waals surface area contributed by atoms with Crippen LogP contribution in [-0.2, 0) is 13.1 Å². The molecular formula is C17H23F2N5O3. The van der Waals surface area contributed by atoms with Crippen molar-refractivity contribution in [1.29, 1.82) is 0 Å². The van der Waals surface area contributed by atoms with Gasteiger partial charge in [0, 0.05) is 32.1 Å². The molecule has 2 aromatic rings. The first-order chi connectivity index (χ1) is 13.0. The molecule has 1 heterocycles. The molecule has 0 atom stereocenters. The maximum atomic E-state index is 12.7. The minimum absolute atomic E-state index is 0.0512. The fraction of sp³-hybridized carbons (Fsp3) is 0.471. The van der Waals surface area contributed by atoms with E-state index >= 15 is 0 Å². The summed E-state index contributed by atoms with van der Waals surface area (Å²) in [5.74, 6) is 1.93. The summed E-state index contributed by atoms with van der Waals surface area (Å²) in [6, 6.07) is 4.84. The third kappa shape index (κ3) is 6.72. The molecule has 0 amide bonds. The third-order valence-corrected chi connectivity index (χ3v) is 3.38. The Kier molecular flexibility index (Phi) is 7.78. The molecule has 2 N–H and O–H groups in total. The van der Waals surface area contributed by atoms with Crippen LogP contribution in [0.4, 0.5) is 8.78 Å². The van der Waals surface area contributed by atoms with Crippen molar-refractivity contribution in [3.05, 3.63) is 35.5 Å². The predicted octanol–water partition coefficient (Wildman–Crippen LogP) is 2.63. The van der Waals surface area contributed by atoms with Crippen LogP contribution in [0.5, 0.6) is 11.5 Å². The van der Waals surface area contributed by atoms with E-state index in [-0.39, 0.29) is 12.3 Å². The number of hydrogen-bond donors (Lipinski definition) is 2. The van der Waals surface area contributed by atoms with Gasteiger partial charge >= 0.3 is 6.61 Å². The lowest BCUT2D eigenvalue weighted by atomic mass is 10.2. The largest absolute Gasteiger partial charge is 0.493 e. The predicted molar refractivity (Wildman–Crippen MR) is 94.9 cm³/mol. The van der Waals surface area contributed by atoms with Crippen LogP contribution in [0.25, 0.3) is 0 Å². The fourth-order valence-corrected chi connectivity index (χ4v) is 2.17. The van der Waals surface area contributed by atoms with Gasteiger partial charge in [-0.15, -0.1) is 0 Å². The molecule has 0 radical (unpaired) electrons. The molecule has 0 aliphatic heterocycles. The second-order valence-corrected chi connectivity index (χ2v) is 5.51. The summed E-state index contributed by atoms with van der Waals surface area (Å²) < 4.78 is 40.4. The zero-order chi connectivity index (χ0) is 19.6. The van der Waals surface area contributed by atoms with Gasteiger partial charge in [0.25, 0.3) is 0 Å². The van der Waals surface area contributed by atoms with Gasteiger partial charge in [0.2, 0.25) is 5.89 Å². The molecule has 0 aliphatic carbocycles. The summed E-state index contributed by atoms with van der Waals surface area (Å²) in [6.45, 7) is 1.76. The molecule has 0 spiro atoms. The van der Waals surface area contributed by atoms with Crippen LogP contribution in [-0.4, -0.2) is 36.4 Å². The normalized spacial score (nSPS) is 11.6. The summed E-state index contributed by atoms with van der Waals surface area (Å²) in [5, 5.41) is 9.81. The van der Waals surface area contributed by atoms with Crippen LogP contribution in [0, 0.1) is 6.92 Å². The van der Waals surface area contributed by atoms with Crippen LogP contribution in [0.1, 0.15) is 30.6 Å². The van der Waals surface area contributed by atoms with Crippen molar-refractivity contribution in [3.8, 4) is 11.5 Å². The molecule has 0 saturated heterocycles. The second kappa shape index (κ2) is 10.3. The first-order valence-corrected chi connectivity index (χ1v) is 8.46. The molecule has 1 aromatic carbocycles. The van der Waals surface area contributed by atoms with Crippen LogP contribution in [0.2, 0.25) is 0 Å². The molecule has 0 bridgehead atoms. The Balaban J connectivity index is 1.98. The number of aliphatic imine (C=N–C) groups is 1. The topological polar surface area (TPSA) is 93.8 Å². The Bertz CT molecular complexity index is 752. The molecule has 0 saturated carbocycles.